The predicted octanol–water partition coefficient (Wildman–Crippen LogP) is 4.85. The van der Waals surface area contributed by atoms with Gasteiger partial charge in [0.25, 0.3) is 0 Å². The van der Waals surface area contributed by atoms with Crippen LogP contribution in [0.1, 0.15) is 83.2 Å². The molecule has 3 aliphatic rings. The molecule has 3 N–H and O–H groups in total. The van der Waals surface area contributed by atoms with Gasteiger partial charge in [0.15, 0.2) is 0 Å². The molecule has 1 aromatic heterocycles. The quantitative estimate of drug-likeness (QED) is 0.646. The summed E-state index contributed by atoms with van der Waals surface area (Å²) < 4.78 is 6.36. The third kappa shape index (κ3) is 4.86. The molecule has 4 heteroatoms. The van der Waals surface area contributed by atoms with Gasteiger partial charge in [0.2, 0.25) is 0 Å². The van der Waals surface area contributed by atoms with Crippen molar-refractivity contribution in [2.24, 2.45) is 11.1 Å². The summed E-state index contributed by atoms with van der Waals surface area (Å²) >= 11 is 0. The molecule has 4 rings (SSSR count). The maximum atomic E-state index is 6.36. The Morgan fingerprint density at radius 2 is 1.90 bits per heavy atom. The zero-order valence-electron chi connectivity index (χ0n) is 18.2. The Bertz CT molecular complexity index is 689. The highest BCUT2D eigenvalue weighted by Gasteiger charge is 2.48. The van der Waals surface area contributed by atoms with E-state index in [1.165, 1.54) is 57.1 Å². The third-order valence-electron chi connectivity index (χ3n) is 7.76. The fraction of sp³-hybridized carbons (Fsp3) is 0.720. The van der Waals surface area contributed by atoms with Crippen molar-refractivity contribution >= 4 is 0 Å². The van der Waals surface area contributed by atoms with E-state index in [4.69, 9.17) is 15.5 Å². The first kappa shape index (κ1) is 20.9. The summed E-state index contributed by atoms with van der Waals surface area (Å²) in [5, 5.41) is 3.64. The number of pyridine rings is 1. The number of nitrogens with two attached hydrogens (primary N) is 1. The van der Waals surface area contributed by atoms with E-state index in [1.807, 2.05) is 12.3 Å². The lowest BCUT2D eigenvalue weighted by molar-refractivity contribution is -0.104. The summed E-state index contributed by atoms with van der Waals surface area (Å²) in [7, 11) is 0. The van der Waals surface area contributed by atoms with Crippen LogP contribution in [0.2, 0.25) is 0 Å². The molecule has 0 amide bonds. The lowest BCUT2D eigenvalue weighted by Crippen LogP contribution is -2.47. The molecular formula is C25H39N3O. The number of allylic oxidation sites excluding steroid dienone is 1. The Morgan fingerprint density at radius 1 is 1.14 bits per heavy atom. The molecular weight excluding hydrogens is 358 g/mol. The van der Waals surface area contributed by atoms with Crippen molar-refractivity contribution in [3.63, 3.8) is 0 Å². The van der Waals surface area contributed by atoms with Gasteiger partial charge in [0.05, 0.1) is 5.60 Å². The molecule has 1 aromatic rings. The van der Waals surface area contributed by atoms with Crippen LogP contribution < -0.4 is 11.1 Å². The van der Waals surface area contributed by atoms with Crippen molar-refractivity contribution in [1.82, 2.24) is 10.3 Å². The van der Waals surface area contributed by atoms with E-state index in [1.54, 1.807) is 0 Å². The van der Waals surface area contributed by atoms with Crippen molar-refractivity contribution in [2.45, 2.75) is 88.6 Å². The zero-order valence-corrected chi connectivity index (χ0v) is 18.2. The summed E-state index contributed by atoms with van der Waals surface area (Å²) in [5.41, 5.74) is 9.13. The molecule has 29 heavy (non-hydrogen) atoms. The van der Waals surface area contributed by atoms with Crippen molar-refractivity contribution in [2.75, 3.05) is 19.7 Å². The summed E-state index contributed by atoms with van der Waals surface area (Å²) in [5.74, 6) is 0. The highest BCUT2D eigenvalue weighted by Crippen LogP contribution is 2.49. The number of ether oxygens (including phenoxy) is 1. The fourth-order valence-electron chi connectivity index (χ4n) is 6.18. The number of hydrogen-bond acceptors (Lipinski definition) is 4. The average molecular weight is 398 g/mol. The predicted molar refractivity (Wildman–Crippen MR) is 119 cm³/mol. The summed E-state index contributed by atoms with van der Waals surface area (Å²) in [6, 6.07) is 6.38. The second kappa shape index (κ2) is 8.77. The molecule has 0 aromatic carbocycles. The van der Waals surface area contributed by atoms with Crippen LogP contribution in [-0.4, -0.2) is 30.3 Å². The molecule has 0 radical (unpaired) electrons. The Labute approximate surface area is 176 Å². The third-order valence-corrected chi connectivity index (χ3v) is 7.76. The van der Waals surface area contributed by atoms with Crippen molar-refractivity contribution in [3.05, 3.63) is 41.9 Å². The minimum atomic E-state index is 0.0891. The fourth-order valence-corrected chi connectivity index (χ4v) is 6.18. The minimum absolute atomic E-state index is 0.0891. The van der Waals surface area contributed by atoms with Crippen LogP contribution in [0, 0.1) is 5.41 Å². The highest BCUT2D eigenvalue weighted by molar-refractivity contribution is 5.21. The number of rotatable bonds is 7. The van der Waals surface area contributed by atoms with E-state index < -0.39 is 0 Å². The smallest absolute Gasteiger partial charge is 0.0691 e. The molecule has 0 bridgehead atoms. The minimum Gasteiger partial charge on any atom is -0.401 e. The topological polar surface area (TPSA) is 60.2 Å². The average Bonchev–Trinajstić information content (AvgIpc) is 3.35. The van der Waals surface area contributed by atoms with E-state index in [0.717, 1.165) is 44.7 Å². The largest absolute Gasteiger partial charge is 0.401 e. The summed E-state index contributed by atoms with van der Waals surface area (Å²) in [4.78, 5) is 4.80. The van der Waals surface area contributed by atoms with Crippen LogP contribution in [-0.2, 0) is 10.2 Å². The van der Waals surface area contributed by atoms with Gasteiger partial charge < -0.3 is 15.8 Å². The molecule has 160 valence electrons. The molecule has 1 saturated heterocycles. The first-order chi connectivity index (χ1) is 14.0. The number of nitrogens with one attached hydrogen (secondary N) is 1. The van der Waals surface area contributed by atoms with Gasteiger partial charge in [-0.05, 0) is 69.0 Å². The standard InChI is InChI=1S/C25H39N3O/c1-23(9-3-4-10-23)18-21(26)19-27-16-13-24(22-8-2-7-15-28-22)14-17-29-25(20-24)11-5-6-12-25/h2,7-8,15,18,27H,3-6,9-14,16-17,19-20,26H2,1H3/b21-18-/t24-/m1/s1. The highest BCUT2D eigenvalue weighted by atomic mass is 16.5. The molecule has 1 atom stereocenters. The first-order valence-corrected chi connectivity index (χ1v) is 11.8. The van der Waals surface area contributed by atoms with E-state index in [2.05, 4.69) is 30.4 Å². The van der Waals surface area contributed by atoms with Gasteiger partial charge in [-0.1, -0.05) is 44.7 Å². The number of aromatic nitrogens is 1. The first-order valence-electron chi connectivity index (χ1n) is 11.8. The lowest BCUT2D eigenvalue weighted by atomic mass is 9.68. The Balaban J connectivity index is 1.39. The van der Waals surface area contributed by atoms with Crippen LogP contribution in [0.5, 0.6) is 0 Å². The number of hydrogen-bond donors (Lipinski definition) is 2. The maximum absolute atomic E-state index is 6.36. The molecule has 0 unspecified atom stereocenters. The van der Waals surface area contributed by atoms with Gasteiger partial charge in [-0.3, -0.25) is 4.98 Å². The normalized spacial score (nSPS) is 28.8. The van der Waals surface area contributed by atoms with Gasteiger partial charge in [-0.15, -0.1) is 0 Å². The van der Waals surface area contributed by atoms with E-state index in [0.29, 0.717) is 5.41 Å². The molecule has 1 spiro atoms. The van der Waals surface area contributed by atoms with E-state index in [-0.39, 0.29) is 11.0 Å². The van der Waals surface area contributed by atoms with Crippen molar-refractivity contribution in [1.29, 1.82) is 0 Å². The molecule has 2 heterocycles. The second-order valence-corrected chi connectivity index (χ2v) is 10.2. The lowest BCUT2D eigenvalue weighted by Gasteiger charge is -2.46. The van der Waals surface area contributed by atoms with Crippen LogP contribution in [0.15, 0.2) is 36.2 Å². The molecule has 4 nitrogen and oxygen atoms in total. The van der Waals surface area contributed by atoms with Gasteiger partial charge >= 0.3 is 0 Å². The van der Waals surface area contributed by atoms with E-state index in [9.17, 15) is 0 Å². The Kier molecular flexibility index (Phi) is 6.31. The molecule has 1 aliphatic heterocycles. The summed E-state index contributed by atoms with van der Waals surface area (Å²) in [6.07, 6.45) is 17.8. The van der Waals surface area contributed by atoms with Gasteiger partial charge in [-0.2, -0.15) is 0 Å². The van der Waals surface area contributed by atoms with Crippen LogP contribution in [0.3, 0.4) is 0 Å². The van der Waals surface area contributed by atoms with Crippen LogP contribution >= 0.6 is 0 Å². The number of nitrogens with zero attached hydrogens (tertiary/aromatic N) is 1. The monoisotopic (exact) mass is 397 g/mol. The molecule has 3 fully saturated rings. The van der Waals surface area contributed by atoms with Crippen LogP contribution in [0.4, 0.5) is 0 Å². The zero-order chi connectivity index (χ0) is 20.2. The van der Waals surface area contributed by atoms with Crippen molar-refractivity contribution < 1.29 is 4.74 Å². The molecule has 2 aliphatic carbocycles. The maximum Gasteiger partial charge on any atom is 0.0691 e. The Hall–Kier alpha value is -1.39. The van der Waals surface area contributed by atoms with Crippen LogP contribution in [0.25, 0.3) is 0 Å². The summed E-state index contributed by atoms with van der Waals surface area (Å²) in [6.45, 7) is 4.97. The Morgan fingerprint density at radius 3 is 2.62 bits per heavy atom. The SMILES string of the molecule is CC1(/C=C(\N)CNCC[C@@]2(c3ccccn3)CCOC3(CCCC3)C2)CCCC1. The van der Waals surface area contributed by atoms with E-state index >= 15 is 0 Å². The van der Waals surface area contributed by atoms with Gasteiger partial charge in [-0.25, -0.2) is 0 Å². The second-order valence-electron chi connectivity index (χ2n) is 10.2. The van der Waals surface area contributed by atoms with Gasteiger partial charge in [0.1, 0.15) is 0 Å². The van der Waals surface area contributed by atoms with Gasteiger partial charge in [0, 0.05) is 36.2 Å². The molecule has 2 saturated carbocycles. The van der Waals surface area contributed by atoms with Crippen molar-refractivity contribution in [3.8, 4) is 0 Å².